The summed E-state index contributed by atoms with van der Waals surface area (Å²) in [5.74, 6) is -2.27. The van der Waals surface area contributed by atoms with Crippen molar-refractivity contribution in [3.05, 3.63) is 83.3 Å². The zero-order valence-corrected chi connectivity index (χ0v) is 16.7. The van der Waals surface area contributed by atoms with Gasteiger partial charge in [0.05, 0.1) is 23.1 Å². The number of benzene rings is 2. The van der Waals surface area contributed by atoms with E-state index in [0.717, 1.165) is 12.1 Å². The Morgan fingerprint density at radius 1 is 0.969 bits per heavy atom. The number of anilines is 2. The highest BCUT2D eigenvalue weighted by molar-refractivity contribution is 6.03. The molecule has 2 amide bonds. The molecule has 0 aliphatic carbocycles. The summed E-state index contributed by atoms with van der Waals surface area (Å²) in [5.41, 5.74) is -0.448. The van der Waals surface area contributed by atoms with E-state index in [9.17, 15) is 27.6 Å². The smallest absolute Gasteiger partial charge is 0.418 e. The van der Waals surface area contributed by atoms with E-state index in [1.807, 2.05) is 0 Å². The second kappa shape index (κ2) is 9.38. The van der Waals surface area contributed by atoms with Gasteiger partial charge >= 0.3 is 12.1 Å². The van der Waals surface area contributed by atoms with Crippen LogP contribution >= 0.6 is 0 Å². The number of ether oxygens (including phenoxy) is 1. The zero-order valence-electron chi connectivity index (χ0n) is 16.7. The van der Waals surface area contributed by atoms with Gasteiger partial charge in [-0.15, -0.1) is 0 Å². The minimum Gasteiger partial charge on any atom is -0.459 e. The van der Waals surface area contributed by atoms with Crippen molar-refractivity contribution in [1.82, 2.24) is 0 Å². The summed E-state index contributed by atoms with van der Waals surface area (Å²) in [4.78, 5) is 36.4. The van der Waals surface area contributed by atoms with E-state index < -0.39 is 41.8 Å². The Bertz CT molecular complexity index is 1140. The Morgan fingerprint density at radius 2 is 1.72 bits per heavy atom. The van der Waals surface area contributed by atoms with Crippen LogP contribution in [0.5, 0.6) is 0 Å². The molecule has 166 valence electrons. The van der Waals surface area contributed by atoms with Gasteiger partial charge in [-0.1, -0.05) is 18.2 Å². The molecule has 0 aliphatic rings. The molecule has 0 aliphatic heterocycles. The summed E-state index contributed by atoms with van der Waals surface area (Å²) in [6.07, 6.45) is -3.31. The largest absolute Gasteiger partial charge is 0.459 e. The fourth-order valence-corrected chi connectivity index (χ4v) is 2.72. The van der Waals surface area contributed by atoms with Gasteiger partial charge in [0, 0.05) is 5.69 Å². The van der Waals surface area contributed by atoms with Gasteiger partial charge in [0.15, 0.2) is 12.4 Å². The third kappa shape index (κ3) is 5.54. The van der Waals surface area contributed by atoms with E-state index in [0.29, 0.717) is 11.3 Å². The van der Waals surface area contributed by atoms with Crippen LogP contribution in [0.2, 0.25) is 0 Å². The summed E-state index contributed by atoms with van der Waals surface area (Å²) in [6, 6.07) is 11.8. The Morgan fingerprint density at radius 3 is 2.41 bits per heavy atom. The first-order valence-electron chi connectivity index (χ1n) is 9.24. The molecule has 0 saturated heterocycles. The predicted octanol–water partition coefficient (Wildman–Crippen LogP) is 4.65. The average Bonchev–Trinajstić information content (AvgIpc) is 3.28. The molecule has 1 heterocycles. The van der Waals surface area contributed by atoms with E-state index in [-0.39, 0.29) is 11.3 Å². The third-order valence-electron chi connectivity index (χ3n) is 4.31. The number of hydrogen-bond donors (Lipinski definition) is 2. The number of carbonyl (C=O) groups is 3. The molecular weight excluding hydrogens is 429 g/mol. The SMILES string of the molecule is Cc1ccc(C(=O)OCC(=O)Nc2ccccc2C(F)(F)F)cc1NC(=O)c1ccco1. The highest BCUT2D eigenvalue weighted by Crippen LogP contribution is 2.34. The van der Waals surface area contributed by atoms with Gasteiger partial charge in [-0.05, 0) is 48.9 Å². The van der Waals surface area contributed by atoms with Crippen LogP contribution in [0.15, 0.2) is 65.3 Å². The predicted molar refractivity (Wildman–Crippen MR) is 108 cm³/mol. The number of rotatable bonds is 6. The number of para-hydroxylation sites is 1. The van der Waals surface area contributed by atoms with Crippen molar-refractivity contribution in [1.29, 1.82) is 0 Å². The first kappa shape index (κ1) is 22.6. The van der Waals surface area contributed by atoms with Gasteiger partial charge in [-0.25, -0.2) is 4.79 Å². The molecule has 2 N–H and O–H groups in total. The first-order valence-corrected chi connectivity index (χ1v) is 9.24. The van der Waals surface area contributed by atoms with E-state index >= 15 is 0 Å². The lowest BCUT2D eigenvalue weighted by Crippen LogP contribution is -2.23. The van der Waals surface area contributed by atoms with Gasteiger partial charge in [0.1, 0.15) is 0 Å². The first-order chi connectivity index (χ1) is 15.1. The Kier molecular flexibility index (Phi) is 6.62. The maximum absolute atomic E-state index is 13.0. The van der Waals surface area contributed by atoms with Crippen LogP contribution in [0.25, 0.3) is 0 Å². The molecule has 0 unspecified atom stereocenters. The average molecular weight is 446 g/mol. The van der Waals surface area contributed by atoms with Crippen molar-refractivity contribution in [2.75, 3.05) is 17.2 Å². The van der Waals surface area contributed by atoms with Crippen molar-refractivity contribution >= 4 is 29.2 Å². The minimum atomic E-state index is -4.65. The molecule has 2 aromatic carbocycles. The van der Waals surface area contributed by atoms with E-state index in [4.69, 9.17) is 9.15 Å². The number of hydrogen-bond acceptors (Lipinski definition) is 5. The van der Waals surface area contributed by atoms with Crippen LogP contribution < -0.4 is 10.6 Å². The number of carbonyl (C=O) groups excluding carboxylic acids is 3. The number of esters is 1. The number of aryl methyl sites for hydroxylation is 1. The maximum Gasteiger partial charge on any atom is 0.418 e. The summed E-state index contributed by atoms with van der Waals surface area (Å²) in [6.45, 7) is 0.908. The summed E-state index contributed by atoms with van der Waals surface area (Å²) in [5, 5.41) is 4.68. The van der Waals surface area contributed by atoms with Crippen molar-refractivity contribution < 1.29 is 36.7 Å². The molecular formula is C22H17F3N2O5. The Hall–Kier alpha value is -4.08. The zero-order chi connectivity index (χ0) is 23.3. The van der Waals surface area contributed by atoms with Crippen molar-refractivity contribution in [3.63, 3.8) is 0 Å². The van der Waals surface area contributed by atoms with Crippen LogP contribution in [0, 0.1) is 6.92 Å². The maximum atomic E-state index is 13.0. The lowest BCUT2D eigenvalue weighted by atomic mass is 10.1. The summed E-state index contributed by atoms with van der Waals surface area (Å²) < 4.78 is 48.9. The fraction of sp³-hybridized carbons (Fsp3) is 0.136. The number of amides is 2. The lowest BCUT2D eigenvalue weighted by Gasteiger charge is -2.13. The molecule has 0 radical (unpaired) electrons. The van der Waals surface area contributed by atoms with Crippen LogP contribution in [0.3, 0.4) is 0 Å². The molecule has 3 aromatic rings. The van der Waals surface area contributed by atoms with E-state index in [1.165, 1.54) is 36.6 Å². The van der Waals surface area contributed by atoms with Gasteiger partial charge in [0.25, 0.3) is 11.8 Å². The summed E-state index contributed by atoms with van der Waals surface area (Å²) >= 11 is 0. The standard InChI is InChI=1S/C22H17F3N2O5/c1-13-8-9-14(11-17(13)27-20(29)18-7-4-10-31-18)21(30)32-12-19(28)26-16-6-3-2-5-15(16)22(23,24)25/h2-11H,12H2,1H3,(H,26,28)(H,27,29). The van der Waals surface area contributed by atoms with Gasteiger partial charge in [-0.3, -0.25) is 9.59 Å². The minimum absolute atomic E-state index is 0.0360. The second-order valence-corrected chi connectivity index (χ2v) is 6.63. The van der Waals surface area contributed by atoms with Crippen molar-refractivity contribution in [2.24, 2.45) is 0 Å². The molecule has 0 spiro atoms. The highest BCUT2D eigenvalue weighted by atomic mass is 19.4. The molecule has 1 aromatic heterocycles. The molecule has 0 atom stereocenters. The van der Waals surface area contributed by atoms with Gasteiger partial charge < -0.3 is 19.8 Å². The number of furan rings is 1. The molecule has 0 fully saturated rings. The molecule has 32 heavy (non-hydrogen) atoms. The van der Waals surface area contributed by atoms with Gasteiger partial charge in [-0.2, -0.15) is 13.2 Å². The molecule has 7 nitrogen and oxygen atoms in total. The lowest BCUT2D eigenvalue weighted by molar-refractivity contribution is -0.137. The fourth-order valence-electron chi connectivity index (χ4n) is 2.72. The van der Waals surface area contributed by atoms with Gasteiger partial charge in [0.2, 0.25) is 0 Å². The monoisotopic (exact) mass is 446 g/mol. The number of nitrogens with one attached hydrogen (secondary N) is 2. The van der Waals surface area contributed by atoms with Crippen LogP contribution in [-0.2, 0) is 15.7 Å². The third-order valence-corrected chi connectivity index (χ3v) is 4.31. The van der Waals surface area contributed by atoms with Crippen LogP contribution in [0.1, 0.15) is 32.0 Å². The Labute approximate surface area is 180 Å². The molecule has 3 rings (SSSR count). The van der Waals surface area contributed by atoms with E-state index in [1.54, 1.807) is 19.1 Å². The van der Waals surface area contributed by atoms with Crippen LogP contribution in [0.4, 0.5) is 24.5 Å². The Balaban J connectivity index is 1.63. The highest BCUT2D eigenvalue weighted by Gasteiger charge is 2.33. The molecule has 0 saturated carbocycles. The molecule has 0 bridgehead atoms. The van der Waals surface area contributed by atoms with Crippen molar-refractivity contribution in [3.8, 4) is 0 Å². The summed E-state index contributed by atoms with van der Waals surface area (Å²) in [7, 11) is 0. The quantitative estimate of drug-likeness (QED) is 0.537. The number of alkyl halides is 3. The topological polar surface area (TPSA) is 97.6 Å². The van der Waals surface area contributed by atoms with E-state index in [2.05, 4.69) is 10.6 Å². The normalized spacial score (nSPS) is 11.0. The number of halogens is 3. The molecule has 10 heteroatoms. The second-order valence-electron chi connectivity index (χ2n) is 6.63. The van der Waals surface area contributed by atoms with Crippen LogP contribution in [-0.4, -0.2) is 24.4 Å². The van der Waals surface area contributed by atoms with Crippen molar-refractivity contribution in [2.45, 2.75) is 13.1 Å².